The molecule has 1 aromatic rings. The van der Waals surface area contributed by atoms with Crippen LogP contribution in [0.15, 0.2) is 24.3 Å². The highest BCUT2D eigenvalue weighted by Crippen LogP contribution is 2.22. The van der Waals surface area contributed by atoms with Crippen LogP contribution in [0.3, 0.4) is 0 Å². The van der Waals surface area contributed by atoms with Crippen LogP contribution in [0.25, 0.3) is 0 Å². The summed E-state index contributed by atoms with van der Waals surface area (Å²) >= 11 is 0. The fourth-order valence-corrected chi connectivity index (χ4v) is 2.07. The van der Waals surface area contributed by atoms with E-state index in [-0.39, 0.29) is 12.0 Å². The Balaban J connectivity index is 2.74. The van der Waals surface area contributed by atoms with Gasteiger partial charge in [0.2, 0.25) is 5.91 Å². The van der Waals surface area contributed by atoms with Gasteiger partial charge in [0.05, 0.1) is 11.6 Å². The van der Waals surface area contributed by atoms with Crippen molar-refractivity contribution in [3.05, 3.63) is 29.8 Å². The fraction of sp³-hybridized carbons (Fsp3) is 0.533. The van der Waals surface area contributed by atoms with E-state index in [0.29, 0.717) is 6.42 Å². The third kappa shape index (κ3) is 3.96. The van der Waals surface area contributed by atoms with Crippen LogP contribution in [0.5, 0.6) is 5.75 Å². The van der Waals surface area contributed by atoms with E-state index in [2.05, 4.69) is 12.2 Å². The smallest absolute Gasteiger partial charge is 0.237 e. The monoisotopic (exact) mass is 264 g/mol. The van der Waals surface area contributed by atoms with Crippen LogP contribution in [0.2, 0.25) is 0 Å². The Labute approximate surface area is 115 Å². The Bertz CT molecular complexity index is 434. The number of hydrogen-bond acceptors (Lipinski definition) is 3. The van der Waals surface area contributed by atoms with Crippen LogP contribution in [0.1, 0.15) is 32.8 Å². The predicted molar refractivity (Wildman–Crippen MR) is 77.2 cm³/mol. The highest BCUT2D eigenvalue weighted by molar-refractivity contribution is 5.84. The Hall–Kier alpha value is -1.55. The first kappa shape index (κ1) is 15.5. The number of rotatable bonds is 7. The number of hydrogen-bond donors (Lipinski definition) is 2. The zero-order chi connectivity index (χ0) is 14.5. The van der Waals surface area contributed by atoms with Gasteiger partial charge in [-0.15, -0.1) is 0 Å². The molecule has 0 fully saturated rings. The molecule has 0 saturated carbocycles. The first-order valence-electron chi connectivity index (χ1n) is 6.66. The van der Waals surface area contributed by atoms with Crippen LogP contribution in [0, 0.1) is 0 Å². The molecule has 0 saturated heterocycles. The lowest BCUT2D eigenvalue weighted by molar-refractivity contribution is -0.124. The SMILES string of the molecule is CCc1ccccc1OC(C)CC(C)(NC)C(N)=O. The van der Waals surface area contributed by atoms with Gasteiger partial charge >= 0.3 is 0 Å². The number of nitrogens with one attached hydrogen (secondary N) is 1. The molecule has 0 spiro atoms. The minimum atomic E-state index is -0.749. The highest BCUT2D eigenvalue weighted by Gasteiger charge is 2.31. The maximum atomic E-state index is 11.5. The molecule has 3 N–H and O–H groups in total. The average molecular weight is 264 g/mol. The molecule has 4 heteroatoms. The third-order valence-electron chi connectivity index (χ3n) is 3.47. The first-order chi connectivity index (χ1) is 8.92. The van der Waals surface area contributed by atoms with Crippen LogP contribution in [-0.4, -0.2) is 24.6 Å². The quantitative estimate of drug-likeness (QED) is 0.790. The zero-order valence-electron chi connectivity index (χ0n) is 12.2. The Morgan fingerprint density at radius 2 is 2.11 bits per heavy atom. The minimum absolute atomic E-state index is 0.0994. The zero-order valence-corrected chi connectivity index (χ0v) is 12.2. The number of primary amides is 1. The normalized spacial score (nSPS) is 15.6. The van der Waals surface area contributed by atoms with E-state index in [1.807, 2.05) is 31.2 Å². The second kappa shape index (κ2) is 6.57. The van der Waals surface area contributed by atoms with Crippen molar-refractivity contribution in [3.8, 4) is 5.75 Å². The number of carbonyl (C=O) groups excluding carboxylic acids is 1. The topological polar surface area (TPSA) is 64.3 Å². The van der Waals surface area contributed by atoms with Gasteiger partial charge in [-0.2, -0.15) is 0 Å². The highest BCUT2D eigenvalue weighted by atomic mass is 16.5. The number of carbonyl (C=O) groups is 1. The Morgan fingerprint density at radius 3 is 2.63 bits per heavy atom. The molecule has 106 valence electrons. The van der Waals surface area contributed by atoms with Gasteiger partial charge in [0.25, 0.3) is 0 Å². The molecule has 0 aliphatic rings. The second-order valence-corrected chi connectivity index (χ2v) is 5.04. The lowest BCUT2D eigenvalue weighted by Gasteiger charge is -2.29. The molecule has 0 heterocycles. The van der Waals surface area contributed by atoms with Gasteiger partial charge in [0, 0.05) is 6.42 Å². The summed E-state index contributed by atoms with van der Waals surface area (Å²) in [7, 11) is 1.73. The number of ether oxygens (including phenoxy) is 1. The van der Waals surface area contributed by atoms with Crippen molar-refractivity contribution in [1.82, 2.24) is 5.32 Å². The van der Waals surface area contributed by atoms with Gasteiger partial charge in [0.1, 0.15) is 5.75 Å². The van der Waals surface area contributed by atoms with E-state index >= 15 is 0 Å². The van der Waals surface area contributed by atoms with Crippen molar-refractivity contribution >= 4 is 5.91 Å². The van der Waals surface area contributed by atoms with Gasteiger partial charge in [-0.25, -0.2) is 0 Å². The molecule has 1 rings (SSSR count). The maximum Gasteiger partial charge on any atom is 0.237 e. The second-order valence-electron chi connectivity index (χ2n) is 5.04. The summed E-state index contributed by atoms with van der Waals surface area (Å²) in [5, 5.41) is 2.97. The molecule has 0 aliphatic heterocycles. The van der Waals surface area contributed by atoms with Gasteiger partial charge < -0.3 is 15.8 Å². The molecule has 1 amide bonds. The van der Waals surface area contributed by atoms with E-state index in [9.17, 15) is 4.79 Å². The molecule has 0 aromatic heterocycles. The van der Waals surface area contributed by atoms with Crippen LogP contribution < -0.4 is 15.8 Å². The van der Waals surface area contributed by atoms with E-state index in [0.717, 1.165) is 12.2 Å². The molecular formula is C15H24N2O2. The molecule has 19 heavy (non-hydrogen) atoms. The van der Waals surface area contributed by atoms with Gasteiger partial charge in [-0.1, -0.05) is 25.1 Å². The molecule has 2 unspecified atom stereocenters. The van der Waals surface area contributed by atoms with E-state index in [1.54, 1.807) is 14.0 Å². The van der Waals surface area contributed by atoms with E-state index in [1.165, 1.54) is 5.56 Å². The molecule has 4 nitrogen and oxygen atoms in total. The minimum Gasteiger partial charge on any atom is -0.490 e. The number of benzene rings is 1. The van der Waals surface area contributed by atoms with Crippen LogP contribution >= 0.6 is 0 Å². The Kier molecular flexibility index (Phi) is 5.36. The fourth-order valence-electron chi connectivity index (χ4n) is 2.07. The average Bonchev–Trinajstić information content (AvgIpc) is 2.38. The van der Waals surface area contributed by atoms with Crippen molar-refractivity contribution in [2.45, 2.75) is 45.3 Å². The van der Waals surface area contributed by atoms with Crippen molar-refractivity contribution in [3.63, 3.8) is 0 Å². The summed E-state index contributed by atoms with van der Waals surface area (Å²) in [4.78, 5) is 11.5. The standard InChI is InChI=1S/C15H24N2O2/c1-5-12-8-6-7-9-13(12)19-11(2)10-15(3,17-4)14(16)18/h6-9,11,17H,5,10H2,1-4H3,(H2,16,18). The van der Waals surface area contributed by atoms with Gasteiger partial charge in [0.15, 0.2) is 0 Å². The van der Waals surface area contributed by atoms with E-state index in [4.69, 9.17) is 10.5 Å². The van der Waals surface area contributed by atoms with Gasteiger partial charge in [-0.3, -0.25) is 4.79 Å². The third-order valence-corrected chi connectivity index (χ3v) is 3.47. The molecule has 2 atom stereocenters. The summed E-state index contributed by atoms with van der Waals surface area (Å²) in [5.74, 6) is 0.509. The number of amides is 1. The number of para-hydroxylation sites is 1. The summed E-state index contributed by atoms with van der Waals surface area (Å²) in [6.07, 6.45) is 1.34. The van der Waals surface area contributed by atoms with Crippen molar-refractivity contribution in [1.29, 1.82) is 0 Å². The molecule has 0 bridgehead atoms. The molecule has 0 aliphatic carbocycles. The van der Waals surface area contributed by atoms with Gasteiger partial charge in [-0.05, 0) is 38.9 Å². The lowest BCUT2D eigenvalue weighted by atomic mass is 9.94. The summed E-state index contributed by atoms with van der Waals surface area (Å²) < 4.78 is 5.94. The van der Waals surface area contributed by atoms with E-state index < -0.39 is 5.54 Å². The Morgan fingerprint density at radius 1 is 1.47 bits per heavy atom. The summed E-state index contributed by atoms with van der Waals surface area (Å²) in [6, 6.07) is 7.95. The van der Waals surface area contributed by atoms with Crippen molar-refractivity contribution in [2.24, 2.45) is 5.73 Å². The van der Waals surface area contributed by atoms with Crippen molar-refractivity contribution < 1.29 is 9.53 Å². The van der Waals surface area contributed by atoms with Crippen LogP contribution in [-0.2, 0) is 11.2 Å². The molecule has 0 radical (unpaired) electrons. The summed E-state index contributed by atoms with van der Waals surface area (Å²) in [5.41, 5.74) is 5.84. The van der Waals surface area contributed by atoms with Crippen LogP contribution in [0.4, 0.5) is 0 Å². The number of likely N-dealkylation sites (N-methyl/N-ethyl adjacent to an activating group) is 1. The predicted octanol–water partition coefficient (Wildman–Crippen LogP) is 1.87. The summed E-state index contributed by atoms with van der Waals surface area (Å²) in [6.45, 7) is 5.83. The number of nitrogens with two attached hydrogens (primary N) is 1. The largest absolute Gasteiger partial charge is 0.490 e. The van der Waals surface area contributed by atoms with Crippen molar-refractivity contribution in [2.75, 3.05) is 7.05 Å². The number of aryl methyl sites for hydroxylation is 1. The molecule has 1 aromatic carbocycles. The lowest BCUT2D eigenvalue weighted by Crippen LogP contribution is -2.53. The molecular weight excluding hydrogens is 240 g/mol. The first-order valence-corrected chi connectivity index (χ1v) is 6.66. The maximum absolute atomic E-state index is 11.5.